The van der Waals surface area contributed by atoms with Gasteiger partial charge < -0.3 is 19.5 Å². The Hall–Kier alpha value is -3.90. The van der Waals surface area contributed by atoms with E-state index in [0.717, 1.165) is 15.9 Å². The SMILES string of the molecule is Cc1nn(-c2ccccn2)c2sc(C(=O)N3CCC4(CC3)CC(=O)c3cc(-c5cncc(C(=O)[O-])c5)ccc3O4)cc12.[Na+]. The molecule has 1 fully saturated rings. The number of nitrogens with zero attached hydrogens (tertiary/aromatic N) is 5. The predicted molar refractivity (Wildman–Crippen MR) is 153 cm³/mol. The molecule has 10 nitrogen and oxygen atoms in total. The van der Waals surface area contributed by atoms with E-state index in [2.05, 4.69) is 15.1 Å². The van der Waals surface area contributed by atoms with E-state index in [0.29, 0.717) is 59.1 Å². The molecule has 5 aromatic rings. The number of carboxylic acids is 1. The second-order valence-corrected chi connectivity index (χ2v) is 11.7. The number of carboxylic acid groups (broad SMARTS) is 1. The molecule has 43 heavy (non-hydrogen) atoms. The Labute approximate surface area is 272 Å². The third kappa shape index (κ3) is 5.27. The molecule has 0 atom stereocenters. The van der Waals surface area contributed by atoms with Gasteiger partial charge in [-0.25, -0.2) is 9.67 Å². The molecule has 0 N–H and O–H groups in total. The Morgan fingerprint density at radius 1 is 1.05 bits per heavy atom. The maximum absolute atomic E-state index is 13.5. The largest absolute Gasteiger partial charge is 1.00 e. The van der Waals surface area contributed by atoms with Crippen LogP contribution in [-0.4, -0.2) is 61.0 Å². The fraction of sp³-hybridized carbons (Fsp3) is 0.226. The number of carbonyl (C=O) groups is 3. The van der Waals surface area contributed by atoms with Gasteiger partial charge in [0, 0.05) is 61.0 Å². The van der Waals surface area contributed by atoms with Crippen molar-refractivity contribution in [1.29, 1.82) is 0 Å². The number of ketones is 1. The van der Waals surface area contributed by atoms with Crippen LogP contribution in [0.15, 0.2) is 67.1 Å². The normalized spacial score (nSPS) is 15.6. The second-order valence-electron chi connectivity index (χ2n) is 10.7. The van der Waals surface area contributed by atoms with Crippen LogP contribution in [0.4, 0.5) is 0 Å². The van der Waals surface area contributed by atoms with Crippen molar-refractivity contribution in [3.8, 4) is 22.7 Å². The molecule has 7 rings (SSSR count). The molecule has 1 saturated heterocycles. The van der Waals surface area contributed by atoms with Gasteiger partial charge in [0.2, 0.25) is 0 Å². The number of aromatic nitrogens is 4. The van der Waals surface area contributed by atoms with Gasteiger partial charge in [-0.2, -0.15) is 5.10 Å². The number of piperidine rings is 1. The van der Waals surface area contributed by atoms with E-state index in [1.807, 2.05) is 36.1 Å². The number of aryl methyl sites for hydroxylation is 1. The number of rotatable bonds is 4. The van der Waals surface area contributed by atoms with Crippen molar-refractivity contribution >= 4 is 39.2 Å². The quantitative estimate of drug-likeness (QED) is 0.278. The summed E-state index contributed by atoms with van der Waals surface area (Å²) in [4.78, 5) is 49.8. The van der Waals surface area contributed by atoms with Crippen molar-refractivity contribution in [2.45, 2.75) is 31.8 Å². The van der Waals surface area contributed by atoms with Gasteiger partial charge in [-0.1, -0.05) is 12.1 Å². The van der Waals surface area contributed by atoms with Crippen molar-refractivity contribution in [1.82, 2.24) is 24.6 Å². The van der Waals surface area contributed by atoms with Crippen molar-refractivity contribution < 1.29 is 53.8 Å². The van der Waals surface area contributed by atoms with Gasteiger partial charge in [0.05, 0.1) is 28.5 Å². The minimum Gasteiger partial charge on any atom is -0.545 e. The number of likely N-dealkylation sites (tertiary alicyclic amines) is 1. The number of thiophene rings is 1. The van der Waals surface area contributed by atoms with E-state index in [-0.39, 0.29) is 53.2 Å². The van der Waals surface area contributed by atoms with Crippen LogP contribution in [0, 0.1) is 6.92 Å². The molecule has 6 heterocycles. The number of aromatic carboxylic acids is 1. The molecular formula is C31H24N5NaO5S. The molecule has 1 spiro atoms. The van der Waals surface area contributed by atoms with Gasteiger partial charge in [0.1, 0.15) is 16.2 Å². The summed E-state index contributed by atoms with van der Waals surface area (Å²) >= 11 is 1.40. The third-order valence-electron chi connectivity index (χ3n) is 7.98. The number of carbonyl (C=O) groups excluding carboxylic acids is 3. The maximum atomic E-state index is 13.5. The molecule has 2 aliphatic heterocycles. The van der Waals surface area contributed by atoms with Gasteiger partial charge in [0.25, 0.3) is 5.91 Å². The van der Waals surface area contributed by atoms with Crippen molar-refractivity contribution in [3.63, 3.8) is 0 Å². The van der Waals surface area contributed by atoms with E-state index in [4.69, 9.17) is 4.74 Å². The second kappa shape index (κ2) is 11.3. The van der Waals surface area contributed by atoms with E-state index in [1.165, 1.54) is 23.6 Å². The summed E-state index contributed by atoms with van der Waals surface area (Å²) in [5.74, 6) is -0.200. The number of Topliss-reactive ketones (excluding diaryl/α,β-unsaturated/α-hetero) is 1. The monoisotopic (exact) mass is 601 g/mol. The van der Waals surface area contributed by atoms with E-state index in [9.17, 15) is 19.5 Å². The van der Waals surface area contributed by atoms with E-state index in [1.54, 1.807) is 35.3 Å². The molecule has 0 unspecified atom stereocenters. The molecule has 0 bridgehead atoms. The minimum absolute atomic E-state index is 0. The third-order valence-corrected chi connectivity index (χ3v) is 9.08. The van der Waals surface area contributed by atoms with Crippen LogP contribution in [0.5, 0.6) is 5.75 Å². The molecule has 1 amide bonds. The molecular weight excluding hydrogens is 577 g/mol. The predicted octanol–water partition coefficient (Wildman–Crippen LogP) is 0.860. The van der Waals surface area contributed by atoms with Crippen LogP contribution in [0.1, 0.15) is 55.3 Å². The van der Waals surface area contributed by atoms with Crippen LogP contribution in [0.25, 0.3) is 27.2 Å². The topological polar surface area (TPSA) is 130 Å². The van der Waals surface area contributed by atoms with E-state index < -0.39 is 11.6 Å². The van der Waals surface area contributed by atoms with Crippen molar-refractivity contribution in [3.05, 3.63) is 88.8 Å². The van der Waals surface area contributed by atoms with Gasteiger partial charge in [0.15, 0.2) is 11.6 Å². The Morgan fingerprint density at radius 2 is 1.86 bits per heavy atom. The average Bonchev–Trinajstić information content (AvgIpc) is 3.58. The molecule has 210 valence electrons. The Kier molecular flexibility index (Phi) is 7.67. The number of hydrogen-bond acceptors (Lipinski definition) is 9. The van der Waals surface area contributed by atoms with Crippen molar-refractivity contribution in [2.75, 3.05) is 13.1 Å². The van der Waals surface area contributed by atoms with Crippen LogP contribution in [0.3, 0.4) is 0 Å². The summed E-state index contributed by atoms with van der Waals surface area (Å²) in [6, 6.07) is 14.3. The number of amides is 1. The summed E-state index contributed by atoms with van der Waals surface area (Å²) in [7, 11) is 0. The summed E-state index contributed by atoms with van der Waals surface area (Å²) in [5, 5.41) is 16.8. The number of benzene rings is 1. The zero-order valence-electron chi connectivity index (χ0n) is 23.6. The number of hydrogen-bond donors (Lipinski definition) is 0. The molecule has 1 aromatic carbocycles. The summed E-state index contributed by atoms with van der Waals surface area (Å²) in [6.07, 6.45) is 5.77. The van der Waals surface area contributed by atoms with E-state index >= 15 is 0 Å². The van der Waals surface area contributed by atoms with Gasteiger partial charge >= 0.3 is 29.6 Å². The molecule has 2 aliphatic rings. The Bertz CT molecular complexity index is 1900. The first kappa shape index (κ1) is 29.2. The zero-order chi connectivity index (χ0) is 29.0. The van der Waals surface area contributed by atoms with Crippen LogP contribution < -0.4 is 39.4 Å². The minimum atomic E-state index is -1.31. The van der Waals surface area contributed by atoms with Crippen LogP contribution in [-0.2, 0) is 0 Å². The first-order chi connectivity index (χ1) is 20.3. The van der Waals surface area contributed by atoms with Gasteiger partial charge in [-0.05, 0) is 48.9 Å². The molecule has 12 heteroatoms. The van der Waals surface area contributed by atoms with Gasteiger partial charge in [-0.3, -0.25) is 14.6 Å². The first-order valence-corrected chi connectivity index (χ1v) is 14.3. The summed E-state index contributed by atoms with van der Waals surface area (Å²) in [5.41, 5.74) is 1.83. The van der Waals surface area contributed by atoms with Crippen LogP contribution in [0.2, 0.25) is 0 Å². The molecule has 0 aliphatic carbocycles. The fourth-order valence-corrected chi connectivity index (χ4v) is 6.86. The Balaban J connectivity index is 0.00000329. The number of ether oxygens (including phenoxy) is 1. The van der Waals surface area contributed by atoms with Crippen molar-refractivity contribution in [2.24, 2.45) is 0 Å². The van der Waals surface area contributed by atoms with Crippen LogP contribution >= 0.6 is 11.3 Å². The first-order valence-electron chi connectivity index (χ1n) is 13.5. The standard InChI is InChI=1S/C31H25N5O5S.Na/c1-18-22-14-26(42-29(22)36(34-18)27-4-2-3-9-33-27)28(38)35-10-7-31(8-11-35)15-24(37)23-13-19(5-6-25(23)41-31)20-12-21(30(39)40)17-32-16-20;/h2-6,9,12-14,16-17H,7-8,10-11,15H2,1H3,(H,39,40);/q;+1/p-1. The smallest absolute Gasteiger partial charge is 0.545 e. The summed E-state index contributed by atoms with van der Waals surface area (Å²) < 4.78 is 8.22. The number of pyridine rings is 2. The molecule has 0 radical (unpaired) electrons. The van der Waals surface area contributed by atoms with Gasteiger partial charge in [-0.15, -0.1) is 11.3 Å². The Morgan fingerprint density at radius 3 is 2.60 bits per heavy atom. The average molecular weight is 602 g/mol. The molecule has 0 saturated carbocycles. The number of fused-ring (bicyclic) bond motifs is 2. The molecule has 4 aromatic heterocycles. The maximum Gasteiger partial charge on any atom is 1.00 e. The zero-order valence-corrected chi connectivity index (χ0v) is 26.4. The fourth-order valence-electron chi connectivity index (χ4n) is 5.72. The summed E-state index contributed by atoms with van der Waals surface area (Å²) in [6.45, 7) is 2.87.